The van der Waals surface area contributed by atoms with Crippen molar-refractivity contribution in [2.45, 2.75) is 45.5 Å². The lowest BCUT2D eigenvalue weighted by molar-refractivity contribution is -0.113. The molecule has 0 aliphatic heterocycles. The molecule has 1 aromatic heterocycles. The molecule has 3 aromatic rings. The normalized spacial score (nSPS) is 11.7. The van der Waals surface area contributed by atoms with Crippen molar-refractivity contribution in [3.8, 4) is 17.2 Å². The minimum absolute atomic E-state index is 0.171. The number of amides is 1. The van der Waals surface area contributed by atoms with Crippen LogP contribution < -0.4 is 19.5 Å². The number of aromatic nitrogens is 3. The molecule has 0 aliphatic carbocycles. The van der Waals surface area contributed by atoms with Crippen molar-refractivity contribution in [2.75, 3.05) is 25.3 Å². The zero-order chi connectivity index (χ0) is 24.0. The Kier molecular flexibility index (Phi) is 8.21. The molecule has 8 nitrogen and oxygen atoms in total. The van der Waals surface area contributed by atoms with E-state index in [1.54, 1.807) is 32.4 Å². The first-order chi connectivity index (χ1) is 15.9. The van der Waals surface area contributed by atoms with Gasteiger partial charge in [-0.15, -0.1) is 10.2 Å². The third-order valence-corrected chi connectivity index (χ3v) is 6.26. The zero-order valence-corrected chi connectivity index (χ0v) is 20.7. The predicted octanol–water partition coefficient (Wildman–Crippen LogP) is 4.80. The first-order valence-electron chi connectivity index (χ1n) is 10.7. The number of methoxy groups -OCH3 is 2. The number of nitrogens with one attached hydrogen (secondary N) is 1. The van der Waals surface area contributed by atoms with Gasteiger partial charge in [0, 0.05) is 12.6 Å². The highest BCUT2D eigenvalue weighted by Crippen LogP contribution is 2.30. The molecule has 1 heterocycles. The summed E-state index contributed by atoms with van der Waals surface area (Å²) < 4.78 is 18.7. The number of hydrogen-bond acceptors (Lipinski definition) is 7. The number of rotatable bonds is 10. The van der Waals surface area contributed by atoms with E-state index in [0.29, 0.717) is 28.9 Å². The van der Waals surface area contributed by atoms with Gasteiger partial charge in [0.1, 0.15) is 17.2 Å². The molecular formula is C24H30N4O4S. The van der Waals surface area contributed by atoms with Crippen LogP contribution in [0.25, 0.3) is 0 Å². The Bertz CT molecular complexity index is 1120. The van der Waals surface area contributed by atoms with Gasteiger partial charge < -0.3 is 24.1 Å². The van der Waals surface area contributed by atoms with E-state index >= 15 is 0 Å². The molecule has 3 rings (SSSR count). The third kappa shape index (κ3) is 5.78. The molecule has 0 fully saturated rings. The molecule has 1 N–H and O–H groups in total. The van der Waals surface area contributed by atoms with Crippen LogP contribution in [0.1, 0.15) is 36.9 Å². The molecule has 0 saturated carbocycles. The van der Waals surface area contributed by atoms with E-state index < -0.39 is 0 Å². The summed E-state index contributed by atoms with van der Waals surface area (Å²) >= 11 is 1.32. The number of ether oxygens (including phenoxy) is 3. The molecule has 9 heteroatoms. The number of benzene rings is 2. The smallest absolute Gasteiger partial charge is 0.234 e. The Morgan fingerprint density at radius 3 is 2.61 bits per heavy atom. The Labute approximate surface area is 198 Å². The largest absolute Gasteiger partial charge is 0.497 e. The highest BCUT2D eigenvalue weighted by molar-refractivity contribution is 7.99. The lowest BCUT2D eigenvalue weighted by Gasteiger charge is -2.17. The summed E-state index contributed by atoms with van der Waals surface area (Å²) in [6, 6.07) is 11.2. The standard InChI is InChI=1S/C24H30N4O4S/c1-7-28-23(17(4)32-20-10-8-9-15(2)16(20)3)26-27-24(28)33-14-22(29)25-19-13-18(30-5)11-12-21(19)31-6/h8-13,17H,7,14H2,1-6H3,(H,25,29). The fraction of sp³-hybridized carbons (Fsp3) is 0.375. The van der Waals surface area contributed by atoms with Crippen molar-refractivity contribution in [1.29, 1.82) is 0 Å². The third-order valence-electron chi connectivity index (χ3n) is 5.30. The summed E-state index contributed by atoms with van der Waals surface area (Å²) in [4.78, 5) is 12.6. The van der Waals surface area contributed by atoms with Crippen molar-refractivity contribution in [1.82, 2.24) is 14.8 Å². The van der Waals surface area contributed by atoms with Crippen LogP contribution >= 0.6 is 11.8 Å². The van der Waals surface area contributed by atoms with Crippen LogP contribution in [0, 0.1) is 13.8 Å². The summed E-state index contributed by atoms with van der Waals surface area (Å²) in [6.45, 7) is 8.73. The van der Waals surface area contributed by atoms with Gasteiger partial charge in [-0.1, -0.05) is 23.9 Å². The van der Waals surface area contributed by atoms with E-state index in [9.17, 15) is 4.79 Å². The maximum atomic E-state index is 12.6. The Morgan fingerprint density at radius 2 is 1.91 bits per heavy atom. The molecule has 0 radical (unpaired) electrons. The topological polar surface area (TPSA) is 87.5 Å². The monoisotopic (exact) mass is 470 g/mol. The predicted molar refractivity (Wildman–Crippen MR) is 130 cm³/mol. The maximum Gasteiger partial charge on any atom is 0.234 e. The Hall–Kier alpha value is -3.20. The molecule has 0 saturated heterocycles. The average Bonchev–Trinajstić information content (AvgIpc) is 3.23. The van der Waals surface area contributed by atoms with E-state index in [4.69, 9.17) is 14.2 Å². The van der Waals surface area contributed by atoms with Gasteiger partial charge in [-0.25, -0.2) is 0 Å². The molecule has 0 spiro atoms. The summed E-state index contributed by atoms with van der Waals surface area (Å²) in [7, 11) is 3.13. The molecule has 2 aromatic carbocycles. The fourth-order valence-electron chi connectivity index (χ4n) is 3.33. The number of hydrogen-bond donors (Lipinski definition) is 1. The summed E-state index contributed by atoms with van der Waals surface area (Å²) in [5, 5.41) is 12.2. The van der Waals surface area contributed by atoms with Crippen LogP contribution in [-0.2, 0) is 11.3 Å². The minimum atomic E-state index is -0.290. The van der Waals surface area contributed by atoms with Crippen LogP contribution in [0.15, 0.2) is 41.6 Å². The van der Waals surface area contributed by atoms with Gasteiger partial charge in [0.25, 0.3) is 0 Å². The first-order valence-corrected chi connectivity index (χ1v) is 11.7. The van der Waals surface area contributed by atoms with Crippen LogP contribution in [0.4, 0.5) is 5.69 Å². The quantitative estimate of drug-likeness (QED) is 0.426. The Balaban J connectivity index is 1.68. The lowest BCUT2D eigenvalue weighted by Crippen LogP contribution is -2.16. The number of carbonyl (C=O) groups is 1. The molecule has 1 amide bonds. The molecule has 33 heavy (non-hydrogen) atoms. The van der Waals surface area contributed by atoms with Crippen molar-refractivity contribution >= 4 is 23.4 Å². The molecule has 0 aliphatic rings. The van der Waals surface area contributed by atoms with Gasteiger partial charge in [-0.3, -0.25) is 4.79 Å². The number of anilines is 1. The van der Waals surface area contributed by atoms with Crippen LogP contribution in [-0.4, -0.2) is 40.6 Å². The van der Waals surface area contributed by atoms with Crippen LogP contribution in [0.2, 0.25) is 0 Å². The summed E-state index contributed by atoms with van der Waals surface area (Å²) in [6.07, 6.45) is -0.290. The highest BCUT2D eigenvalue weighted by Gasteiger charge is 2.20. The van der Waals surface area contributed by atoms with Crippen molar-refractivity contribution in [2.24, 2.45) is 0 Å². The van der Waals surface area contributed by atoms with E-state index in [0.717, 1.165) is 17.1 Å². The molecule has 1 atom stereocenters. The van der Waals surface area contributed by atoms with Gasteiger partial charge in [-0.2, -0.15) is 0 Å². The van der Waals surface area contributed by atoms with Crippen LogP contribution in [0.3, 0.4) is 0 Å². The van der Waals surface area contributed by atoms with Gasteiger partial charge in [-0.05, 0) is 57.0 Å². The van der Waals surface area contributed by atoms with Crippen molar-refractivity contribution in [3.63, 3.8) is 0 Å². The number of aryl methyl sites for hydroxylation is 1. The number of thioether (sulfide) groups is 1. The molecule has 1 unspecified atom stereocenters. The summed E-state index contributed by atoms with van der Waals surface area (Å²) in [5.41, 5.74) is 2.83. The van der Waals surface area contributed by atoms with E-state index in [1.165, 1.54) is 17.3 Å². The van der Waals surface area contributed by atoms with E-state index in [1.807, 2.05) is 37.5 Å². The lowest BCUT2D eigenvalue weighted by atomic mass is 10.1. The van der Waals surface area contributed by atoms with Crippen molar-refractivity contribution < 1.29 is 19.0 Å². The zero-order valence-electron chi connectivity index (χ0n) is 19.8. The van der Waals surface area contributed by atoms with Crippen molar-refractivity contribution in [3.05, 3.63) is 53.3 Å². The van der Waals surface area contributed by atoms with Gasteiger partial charge in [0.05, 0.1) is 25.7 Å². The van der Waals surface area contributed by atoms with Gasteiger partial charge in [0.2, 0.25) is 5.91 Å². The maximum absolute atomic E-state index is 12.6. The first kappa shape index (κ1) is 24.4. The van der Waals surface area contributed by atoms with Gasteiger partial charge >= 0.3 is 0 Å². The minimum Gasteiger partial charge on any atom is -0.497 e. The van der Waals surface area contributed by atoms with E-state index in [2.05, 4.69) is 28.5 Å². The number of carbonyl (C=O) groups excluding carboxylic acids is 1. The second kappa shape index (κ2) is 11.1. The van der Waals surface area contributed by atoms with E-state index in [-0.39, 0.29) is 17.8 Å². The van der Waals surface area contributed by atoms with Gasteiger partial charge in [0.15, 0.2) is 17.1 Å². The SMILES string of the molecule is CCn1c(SCC(=O)Nc2cc(OC)ccc2OC)nnc1C(C)Oc1cccc(C)c1C. The highest BCUT2D eigenvalue weighted by atomic mass is 32.2. The fourth-order valence-corrected chi connectivity index (χ4v) is 4.14. The number of nitrogens with zero attached hydrogens (tertiary/aromatic N) is 3. The van der Waals surface area contributed by atoms with Crippen LogP contribution in [0.5, 0.6) is 17.2 Å². The molecule has 0 bridgehead atoms. The summed E-state index contributed by atoms with van der Waals surface area (Å²) in [5.74, 6) is 2.73. The average molecular weight is 471 g/mol. The molecular weight excluding hydrogens is 440 g/mol. The molecule has 176 valence electrons. The second-order valence-electron chi connectivity index (χ2n) is 7.45. The second-order valence-corrected chi connectivity index (χ2v) is 8.39. The Morgan fingerprint density at radius 1 is 1.12 bits per heavy atom.